The molecule has 1 amide bonds. The number of hydrogen-bond donors (Lipinski definition) is 1. The second-order valence-electron chi connectivity index (χ2n) is 5.69. The summed E-state index contributed by atoms with van der Waals surface area (Å²) >= 11 is 1.61. The summed E-state index contributed by atoms with van der Waals surface area (Å²) in [6.45, 7) is 10.3. The molecule has 1 aliphatic rings. The fourth-order valence-corrected chi connectivity index (χ4v) is 3.49. The van der Waals surface area contributed by atoms with Crippen molar-refractivity contribution >= 4 is 17.2 Å². The van der Waals surface area contributed by atoms with Gasteiger partial charge in [0.05, 0.1) is 4.88 Å². The van der Waals surface area contributed by atoms with Crippen LogP contribution in [0.2, 0.25) is 0 Å². The average Bonchev–Trinajstić information content (AvgIpc) is 2.96. The standard InChI is InChI=1S/C15H24N2OS/c1-10(2)17(9-13-6-5-7-16-13)15(18)14-8-11(3)12(4)19-14/h8,10,13,16H,5-7,9H2,1-4H3. The van der Waals surface area contributed by atoms with Crippen molar-refractivity contribution < 1.29 is 4.79 Å². The number of rotatable bonds is 4. The molecule has 19 heavy (non-hydrogen) atoms. The van der Waals surface area contributed by atoms with Crippen LogP contribution in [0.1, 0.15) is 46.8 Å². The first-order valence-electron chi connectivity index (χ1n) is 7.10. The van der Waals surface area contributed by atoms with Crippen molar-refractivity contribution in [2.75, 3.05) is 13.1 Å². The number of carbonyl (C=O) groups excluding carboxylic acids is 1. The summed E-state index contributed by atoms with van der Waals surface area (Å²) in [5, 5.41) is 3.47. The number of amides is 1. The number of carbonyl (C=O) groups is 1. The lowest BCUT2D eigenvalue weighted by Gasteiger charge is -2.29. The predicted molar refractivity (Wildman–Crippen MR) is 81.0 cm³/mol. The fourth-order valence-electron chi connectivity index (χ4n) is 2.50. The van der Waals surface area contributed by atoms with Gasteiger partial charge in [-0.15, -0.1) is 11.3 Å². The van der Waals surface area contributed by atoms with Gasteiger partial charge in [0.25, 0.3) is 5.91 Å². The van der Waals surface area contributed by atoms with Crippen molar-refractivity contribution in [1.82, 2.24) is 10.2 Å². The minimum absolute atomic E-state index is 0.185. The Labute approximate surface area is 120 Å². The molecule has 1 aliphatic heterocycles. The normalized spacial score (nSPS) is 19.1. The molecule has 1 aromatic heterocycles. The van der Waals surface area contributed by atoms with E-state index in [0.29, 0.717) is 6.04 Å². The van der Waals surface area contributed by atoms with E-state index in [9.17, 15) is 4.79 Å². The highest BCUT2D eigenvalue weighted by Crippen LogP contribution is 2.23. The Balaban J connectivity index is 2.11. The van der Waals surface area contributed by atoms with Gasteiger partial charge in [0, 0.05) is 23.5 Å². The van der Waals surface area contributed by atoms with Gasteiger partial charge in [-0.25, -0.2) is 0 Å². The van der Waals surface area contributed by atoms with Crippen molar-refractivity contribution in [2.45, 2.75) is 52.6 Å². The summed E-state index contributed by atoms with van der Waals surface area (Å²) in [7, 11) is 0. The van der Waals surface area contributed by atoms with Crippen LogP contribution in [-0.4, -0.2) is 36.0 Å². The molecule has 1 unspecified atom stereocenters. The fraction of sp³-hybridized carbons (Fsp3) is 0.667. The van der Waals surface area contributed by atoms with E-state index in [1.54, 1.807) is 11.3 Å². The van der Waals surface area contributed by atoms with Gasteiger partial charge < -0.3 is 10.2 Å². The lowest BCUT2D eigenvalue weighted by atomic mass is 10.1. The lowest BCUT2D eigenvalue weighted by Crippen LogP contribution is -2.44. The summed E-state index contributed by atoms with van der Waals surface area (Å²) in [5.74, 6) is 0.185. The molecule has 0 aliphatic carbocycles. The van der Waals surface area contributed by atoms with Crippen LogP contribution in [0.4, 0.5) is 0 Å². The summed E-state index contributed by atoms with van der Waals surface area (Å²) in [5.41, 5.74) is 1.22. The molecule has 0 aromatic carbocycles. The molecule has 0 radical (unpaired) electrons. The van der Waals surface area contributed by atoms with Gasteiger partial charge in [0.15, 0.2) is 0 Å². The molecule has 0 spiro atoms. The Bertz CT molecular complexity index is 427. The lowest BCUT2D eigenvalue weighted by molar-refractivity contribution is 0.0694. The SMILES string of the molecule is Cc1cc(C(=O)N(CC2CCCN2)C(C)C)sc1C. The Morgan fingerprint density at radius 2 is 2.26 bits per heavy atom. The van der Waals surface area contributed by atoms with E-state index < -0.39 is 0 Å². The Morgan fingerprint density at radius 1 is 1.53 bits per heavy atom. The van der Waals surface area contributed by atoms with E-state index in [2.05, 4.69) is 33.0 Å². The zero-order chi connectivity index (χ0) is 14.0. The second-order valence-corrected chi connectivity index (χ2v) is 6.95. The van der Waals surface area contributed by atoms with Crippen LogP contribution < -0.4 is 5.32 Å². The molecule has 1 atom stereocenters. The van der Waals surface area contributed by atoms with Crippen LogP contribution in [0.5, 0.6) is 0 Å². The molecule has 1 aromatic rings. The number of nitrogens with one attached hydrogen (secondary N) is 1. The molecular formula is C15H24N2OS. The molecule has 2 rings (SSSR count). The maximum Gasteiger partial charge on any atom is 0.264 e. The molecule has 2 heterocycles. The van der Waals surface area contributed by atoms with Gasteiger partial charge in [0.1, 0.15) is 0 Å². The van der Waals surface area contributed by atoms with E-state index in [1.165, 1.54) is 23.3 Å². The molecule has 1 N–H and O–H groups in total. The molecular weight excluding hydrogens is 256 g/mol. The average molecular weight is 280 g/mol. The van der Waals surface area contributed by atoms with Gasteiger partial charge in [-0.05, 0) is 58.7 Å². The third-order valence-corrected chi connectivity index (χ3v) is 4.98. The van der Waals surface area contributed by atoms with Crippen LogP contribution in [0.25, 0.3) is 0 Å². The number of aryl methyl sites for hydroxylation is 2. The van der Waals surface area contributed by atoms with Crippen molar-refractivity contribution in [2.24, 2.45) is 0 Å². The Kier molecular flexibility index (Phi) is 4.63. The molecule has 1 fully saturated rings. The Morgan fingerprint density at radius 3 is 2.74 bits per heavy atom. The van der Waals surface area contributed by atoms with E-state index >= 15 is 0 Å². The summed E-state index contributed by atoms with van der Waals surface area (Å²) in [4.78, 5) is 16.8. The second kappa shape index (κ2) is 6.06. The minimum Gasteiger partial charge on any atom is -0.334 e. The molecule has 0 bridgehead atoms. The van der Waals surface area contributed by atoms with Crippen molar-refractivity contribution in [3.8, 4) is 0 Å². The first-order valence-corrected chi connectivity index (χ1v) is 7.92. The predicted octanol–water partition coefficient (Wildman–Crippen LogP) is 2.97. The van der Waals surface area contributed by atoms with Gasteiger partial charge in [0.2, 0.25) is 0 Å². The zero-order valence-electron chi connectivity index (χ0n) is 12.3. The molecule has 3 nitrogen and oxygen atoms in total. The van der Waals surface area contributed by atoms with Crippen LogP contribution >= 0.6 is 11.3 Å². The highest BCUT2D eigenvalue weighted by Gasteiger charge is 2.25. The topological polar surface area (TPSA) is 32.3 Å². The third kappa shape index (κ3) is 3.37. The molecule has 0 saturated carbocycles. The number of thiophene rings is 1. The first kappa shape index (κ1) is 14.5. The van der Waals surface area contributed by atoms with Crippen LogP contribution in [0.3, 0.4) is 0 Å². The summed E-state index contributed by atoms with van der Waals surface area (Å²) < 4.78 is 0. The third-order valence-electron chi connectivity index (χ3n) is 3.84. The smallest absolute Gasteiger partial charge is 0.264 e. The maximum absolute atomic E-state index is 12.6. The summed E-state index contributed by atoms with van der Waals surface area (Å²) in [6, 6.07) is 2.74. The summed E-state index contributed by atoms with van der Waals surface area (Å²) in [6.07, 6.45) is 2.40. The molecule has 1 saturated heterocycles. The maximum atomic E-state index is 12.6. The van der Waals surface area contributed by atoms with Crippen molar-refractivity contribution in [1.29, 1.82) is 0 Å². The number of nitrogens with zero attached hydrogens (tertiary/aromatic N) is 1. The van der Waals surface area contributed by atoms with Crippen molar-refractivity contribution in [3.63, 3.8) is 0 Å². The monoisotopic (exact) mass is 280 g/mol. The van der Waals surface area contributed by atoms with E-state index in [1.807, 2.05) is 11.0 Å². The largest absolute Gasteiger partial charge is 0.334 e. The van der Waals surface area contributed by atoms with E-state index in [0.717, 1.165) is 18.0 Å². The molecule has 106 valence electrons. The quantitative estimate of drug-likeness (QED) is 0.919. The Hall–Kier alpha value is -0.870. The number of hydrogen-bond acceptors (Lipinski definition) is 3. The van der Waals surface area contributed by atoms with E-state index in [-0.39, 0.29) is 11.9 Å². The van der Waals surface area contributed by atoms with Crippen LogP contribution in [0.15, 0.2) is 6.07 Å². The van der Waals surface area contributed by atoms with E-state index in [4.69, 9.17) is 0 Å². The molecule has 4 heteroatoms. The van der Waals surface area contributed by atoms with Crippen LogP contribution in [0, 0.1) is 13.8 Å². The zero-order valence-corrected chi connectivity index (χ0v) is 13.1. The highest BCUT2D eigenvalue weighted by molar-refractivity contribution is 7.14. The van der Waals surface area contributed by atoms with Gasteiger partial charge in [-0.3, -0.25) is 4.79 Å². The highest BCUT2D eigenvalue weighted by atomic mass is 32.1. The van der Waals surface area contributed by atoms with Crippen molar-refractivity contribution in [3.05, 3.63) is 21.4 Å². The van der Waals surface area contributed by atoms with Gasteiger partial charge in [-0.1, -0.05) is 0 Å². The van der Waals surface area contributed by atoms with Gasteiger partial charge in [-0.2, -0.15) is 0 Å². The van der Waals surface area contributed by atoms with Gasteiger partial charge >= 0.3 is 0 Å². The first-order chi connectivity index (χ1) is 8.99. The minimum atomic E-state index is 0.185. The van der Waals surface area contributed by atoms with Crippen LogP contribution in [-0.2, 0) is 0 Å².